The van der Waals surface area contributed by atoms with Crippen LogP contribution in [0.15, 0.2) is 4.79 Å². The molecule has 7 heteroatoms. The van der Waals surface area contributed by atoms with E-state index in [0.29, 0.717) is 29.7 Å². The van der Waals surface area contributed by atoms with Crippen LogP contribution in [0.4, 0.5) is 0 Å². The summed E-state index contributed by atoms with van der Waals surface area (Å²) < 4.78 is 0. The summed E-state index contributed by atoms with van der Waals surface area (Å²) in [7, 11) is 1.91. The molecule has 0 spiro atoms. The SMILES string of the molecule is CNC1CCCN(C(=O)Cc2c(C)nc(C)[nH]c2=O)C1.Cl. The topological polar surface area (TPSA) is 78.1 Å². The fourth-order valence-electron chi connectivity index (χ4n) is 2.66. The molecule has 0 bridgehead atoms. The highest BCUT2D eigenvalue weighted by atomic mass is 35.5. The first-order valence-electron chi connectivity index (χ1n) is 7.02. The van der Waals surface area contributed by atoms with E-state index in [4.69, 9.17) is 0 Å². The molecule has 1 aromatic rings. The second kappa shape index (κ2) is 7.56. The summed E-state index contributed by atoms with van der Waals surface area (Å²) >= 11 is 0. The lowest BCUT2D eigenvalue weighted by molar-refractivity contribution is -0.131. The zero-order chi connectivity index (χ0) is 14.7. The van der Waals surface area contributed by atoms with Crippen LogP contribution >= 0.6 is 12.4 Å². The molecule has 0 radical (unpaired) electrons. The third-order valence-corrected chi connectivity index (χ3v) is 3.85. The number of aromatic amines is 1. The first kappa shape index (κ1) is 17.7. The summed E-state index contributed by atoms with van der Waals surface area (Å²) in [5.74, 6) is 0.584. The normalized spacial score (nSPS) is 18.2. The maximum atomic E-state index is 12.3. The molecule has 1 atom stereocenters. The lowest BCUT2D eigenvalue weighted by atomic mass is 10.0. The van der Waals surface area contributed by atoms with Crippen molar-refractivity contribution in [2.75, 3.05) is 20.1 Å². The summed E-state index contributed by atoms with van der Waals surface area (Å²) in [5, 5.41) is 3.21. The molecule has 1 aliphatic rings. The van der Waals surface area contributed by atoms with E-state index in [1.165, 1.54) is 0 Å². The Hall–Kier alpha value is -1.40. The Morgan fingerprint density at radius 1 is 1.48 bits per heavy atom. The van der Waals surface area contributed by atoms with Gasteiger partial charge in [-0.25, -0.2) is 4.98 Å². The number of likely N-dealkylation sites (N-methyl/N-ethyl adjacent to an activating group) is 1. The van der Waals surface area contributed by atoms with Crippen LogP contribution in [0.5, 0.6) is 0 Å². The van der Waals surface area contributed by atoms with Gasteiger partial charge in [0.15, 0.2) is 0 Å². The number of carbonyl (C=O) groups excluding carboxylic acids is 1. The van der Waals surface area contributed by atoms with Gasteiger partial charge in [0.1, 0.15) is 5.82 Å². The van der Waals surface area contributed by atoms with Crippen LogP contribution in [-0.2, 0) is 11.2 Å². The van der Waals surface area contributed by atoms with Gasteiger partial charge < -0.3 is 15.2 Å². The fourth-order valence-corrected chi connectivity index (χ4v) is 2.66. The maximum absolute atomic E-state index is 12.3. The average Bonchev–Trinajstić information content (AvgIpc) is 2.42. The predicted molar refractivity (Wildman–Crippen MR) is 83.9 cm³/mol. The molecule has 0 saturated carbocycles. The molecule has 1 aliphatic heterocycles. The van der Waals surface area contributed by atoms with Crippen LogP contribution in [0.1, 0.15) is 29.9 Å². The Morgan fingerprint density at radius 2 is 2.19 bits per heavy atom. The van der Waals surface area contributed by atoms with E-state index >= 15 is 0 Å². The zero-order valence-electron chi connectivity index (χ0n) is 12.7. The van der Waals surface area contributed by atoms with Gasteiger partial charge in [0.05, 0.1) is 6.42 Å². The quantitative estimate of drug-likeness (QED) is 0.854. The average molecular weight is 315 g/mol. The number of aromatic nitrogens is 2. The molecular weight excluding hydrogens is 292 g/mol. The zero-order valence-corrected chi connectivity index (χ0v) is 13.5. The first-order valence-corrected chi connectivity index (χ1v) is 7.02. The summed E-state index contributed by atoms with van der Waals surface area (Å²) in [6, 6.07) is 0.350. The van der Waals surface area contributed by atoms with E-state index in [1.807, 2.05) is 11.9 Å². The Labute approximate surface area is 130 Å². The Kier molecular flexibility index (Phi) is 6.36. The number of likely N-dealkylation sites (tertiary alicyclic amines) is 1. The molecule has 1 saturated heterocycles. The third-order valence-electron chi connectivity index (χ3n) is 3.85. The molecule has 6 nitrogen and oxygen atoms in total. The van der Waals surface area contributed by atoms with Crippen molar-refractivity contribution in [3.63, 3.8) is 0 Å². The molecule has 1 amide bonds. The minimum atomic E-state index is -0.203. The van der Waals surface area contributed by atoms with Crippen molar-refractivity contribution in [1.29, 1.82) is 0 Å². The highest BCUT2D eigenvalue weighted by Crippen LogP contribution is 2.12. The van der Waals surface area contributed by atoms with Gasteiger partial charge in [-0.3, -0.25) is 9.59 Å². The number of amides is 1. The largest absolute Gasteiger partial charge is 0.341 e. The number of hydrogen-bond acceptors (Lipinski definition) is 4. The number of nitrogens with zero attached hydrogens (tertiary/aromatic N) is 2. The van der Waals surface area contributed by atoms with E-state index in [0.717, 1.165) is 19.4 Å². The van der Waals surface area contributed by atoms with Crippen LogP contribution in [0.3, 0.4) is 0 Å². The summed E-state index contributed by atoms with van der Waals surface area (Å²) in [6.45, 7) is 5.00. The van der Waals surface area contributed by atoms with Gasteiger partial charge in [0, 0.05) is 30.4 Å². The van der Waals surface area contributed by atoms with Gasteiger partial charge >= 0.3 is 0 Å². The highest BCUT2D eigenvalue weighted by Gasteiger charge is 2.23. The van der Waals surface area contributed by atoms with E-state index in [9.17, 15) is 9.59 Å². The molecular formula is C14H23ClN4O2. The molecule has 0 aliphatic carbocycles. The Bertz CT molecular complexity index is 558. The van der Waals surface area contributed by atoms with E-state index in [-0.39, 0.29) is 30.3 Å². The number of rotatable bonds is 3. The summed E-state index contributed by atoms with van der Waals surface area (Å²) in [6.07, 6.45) is 2.22. The van der Waals surface area contributed by atoms with Crippen molar-refractivity contribution < 1.29 is 4.79 Å². The Morgan fingerprint density at radius 3 is 2.81 bits per heavy atom. The second-order valence-corrected chi connectivity index (χ2v) is 5.36. The van der Waals surface area contributed by atoms with Crippen LogP contribution < -0.4 is 10.9 Å². The number of H-pyrrole nitrogens is 1. The monoisotopic (exact) mass is 314 g/mol. The smallest absolute Gasteiger partial charge is 0.254 e. The van der Waals surface area contributed by atoms with Gasteiger partial charge in [-0.05, 0) is 33.7 Å². The van der Waals surface area contributed by atoms with Crippen LogP contribution in [-0.4, -0.2) is 47.0 Å². The summed E-state index contributed by atoms with van der Waals surface area (Å²) in [4.78, 5) is 33.0. The molecule has 1 fully saturated rings. The number of halogens is 1. The highest BCUT2D eigenvalue weighted by molar-refractivity contribution is 5.85. The molecule has 21 heavy (non-hydrogen) atoms. The van der Waals surface area contributed by atoms with Gasteiger partial charge in [-0.1, -0.05) is 0 Å². The molecule has 2 rings (SSSR count). The fraction of sp³-hybridized carbons (Fsp3) is 0.643. The van der Waals surface area contributed by atoms with Crippen molar-refractivity contribution in [2.24, 2.45) is 0 Å². The number of piperidine rings is 1. The number of carbonyl (C=O) groups is 1. The van der Waals surface area contributed by atoms with E-state index in [2.05, 4.69) is 15.3 Å². The molecule has 118 valence electrons. The van der Waals surface area contributed by atoms with Crippen LogP contribution in [0.2, 0.25) is 0 Å². The van der Waals surface area contributed by atoms with Gasteiger partial charge in [0.2, 0.25) is 5.91 Å². The summed E-state index contributed by atoms with van der Waals surface area (Å²) in [5.41, 5.74) is 0.916. The number of hydrogen-bond donors (Lipinski definition) is 2. The minimum absolute atomic E-state index is 0. The molecule has 1 unspecified atom stereocenters. The van der Waals surface area contributed by atoms with Gasteiger partial charge in [-0.2, -0.15) is 0 Å². The molecule has 2 heterocycles. The van der Waals surface area contributed by atoms with Crippen molar-refractivity contribution in [3.8, 4) is 0 Å². The molecule has 1 aromatic heterocycles. The van der Waals surface area contributed by atoms with Gasteiger partial charge in [-0.15, -0.1) is 12.4 Å². The van der Waals surface area contributed by atoms with Crippen LogP contribution in [0.25, 0.3) is 0 Å². The standard InChI is InChI=1S/C14H22N4O2.ClH/c1-9-12(14(20)17-10(2)16-9)7-13(19)18-6-4-5-11(8-18)15-3;/h11,15H,4-8H2,1-3H3,(H,16,17,20);1H. The van der Waals surface area contributed by atoms with E-state index < -0.39 is 0 Å². The minimum Gasteiger partial charge on any atom is -0.341 e. The van der Waals surface area contributed by atoms with E-state index in [1.54, 1.807) is 13.8 Å². The lowest BCUT2D eigenvalue weighted by Gasteiger charge is -2.32. The third kappa shape index (κ3) is 4.28. The van der Waals surface area contributed by atoms with Crippen molar-refractivity contribution in [2.45, 2.75) is 39.2 Å². The number of nitrogens with one attached hydrogen (secondary N) is 2. The Balaban J connectivity index is 0.00000220. The number of aryl methyl sites for hydroxylation is 2. The van der Waals surface area contributed by atoms with Crippen molar-refractivity contribution >= 4 is 18.3 Å². The van der Waals surface area contributed by atoms with Gasteiger partial charge in [0.25, 0.3) is 5.56 Å². The van der Waals surface area contributed by atoms with Crippen molar-refractivity contribution in [3.05, 3.63) is 27.4 Å². The maximum Gasteiger partial charge on any atom is 0.254 e. The van der Waals surface area contributed by atoms with Crippen LogP contribution in [0, 0.1) is 13.8 Å². The molecule has 0 aromatic carbocycles. The second-order valence-electron chi connectivity index (χ2n) is 5.36. The molecule has 2 N–H and O–H groups in total. The lowest BCUT2D eigenvalue weighted by Crippen LogP contribution is -2.47. The van der Waals surface area contributed by atoms with Crippen molar-refractivity contribution in [1.82, 2.24) is 20.2 Å². The first-order chi connectivity index (χ1) is 9.51. The predicted octanol–water partition coefficient (Wildman–Crippen LogP) is 0.561.